The zero-order chi connectivity index (χ0) is 20.0. The van der Waals surface area contributed by atoms with Crippen LogP contribution < -0.4 is 5.32 Å². The van der Waals surface area contributed by atoms with Gasteiger partial charge in [0.15, 0.2) is 5.57 Å². The number of nitrogens with zero attached hydrogens (tertiary/aromatic N) is 1. The van der Waals surface area contributed by atoms with Gasteiger partial charge in [0.25, 0.3) is 11.7 Å². The fraction of sp³-hybridized carbons (Fsp3) is 0.450. The first-order chi connectivity index (χ1) is 12.8. The molecule has 1 heterocycles. The lowest BCUT2D eigenvalue weighted by molar-refractivity contribution is -0.222. The van der Waals surface area contributed by atoms with E-state index in [9.17, 15) is 14.4 Å². The van der Waals surface area contributed by atoms with Gasteiger partial charge in [-0.3, -0.25) is 4.79 Å². The summed E-state index contributed by atoms with van der Waals surface area (Å²) in [5.74, 6) is -2.84. The van der Waals surface area contributed by atoms with Crippen LogP contribution >= 0.6 is 0 Å². The molecule has 1 N–H and O–H groups in total. The zero-order valence-corrected chi connectivity index (χ0v) is 16.2. The highest BCUT2D eigenvalue weighted by atomic mass is 16.7. The third-order valence-corrected chi connectivity index (χ3v) is 3.88. The van der Waals surface area contributed by atoms with Crippen LogP contribution in [-0.2, 0) is 19.1 Å². The molecule has 7 nitrogen and oxygen atoms in total. The average Bonchev–Trinajstić information content (AvgIpc) is 2.59. The number of carbonyl (C=O) groups is 3. The highest BCUT2D eigenvalue weighted by molar-refractivity contribution is 6.15. The number of anilines is 1. The fourth-order valence-electron chi connectivity index (χ4n) is 2.71. The average molecular weight is 374 g/mol. The molecule has 146 valence electrons. The van der Waals surface area contributed by atoms with Gasteiger partial charge in [-0.1, -0.05) is 19.9 Å². The molecule has 1 aliphatic heterocycles. The quantitative estimate of drug-likeness (QED) is 0.448. The third-order valence-electron chi connectivity index (χ3n) is 3.88. The number of hydrogen-bond donors (Lipinski definition) is 1. The summed E-state index contributed by atoms with van der Waals surface area (Å²) in [5.41, 5.74) is 0.881. The summed E-state index contributed by atoms with van der Waals surface area (Å²) in [6.45, 7) is 8.43. The lowest BCUT2D eigenvalue weighted by Gasteiger charge is -2.29. The number of cyclic esters (lactones) is 2. The second-order valence-electron chi connectivity index (χ2n) is 6.75. The molecule has 1 saturated heterocycles. The first-order valence-corrected chi connectivity index (χ1v) is 9.10. The molecule has 0 atom stereocenters. The Morgan fingerprint density at radius 1 is 1.11 bits per heavy atom. The van der Waals surface area contributed by atoms with Gasteiger partial charge in [-0.15, -0.1) is 0 Å². The van der Waals surface area contributed by atoms with Crippen molar-refractivity contribution in [1.29, 1.82) is 0 Å². The maximum absolute atomic E-state index is 12.7. The van der Waals surface area contributed by atoms with Crippen molar-refractivity contribution in [2.24, 2.45) is 0 Å². The molecule has 1 fully saturated rings. The van der Waals surface area contributed by atoms with E-state index in [-0.39, 0.29) is 11.5 Å². The predicted octanol–water partition coefficient (Wildman–Crippen LogP) is 3.08. The maximum atomic E-state index is 12.7. The van der Waals surface area contributed by atoms with E-state index in [0.717, 1.165) is 12.8 Å². The van der Waals surface area contributed by atoms with E-state index in [4.69, 9.17) is 9.47 Å². The molecule has 1 aromatic carbocycles. The van der Waals surface area contributed by atoms with E-state index < -0.39 is 17.7 Å². The minimum atomic E-state index is -1.28. The maximum Gasteiger partial charge on any atom is 0.350 e. The number of hydrogen-bond acceptors (Lipinski definition) is 6. The number of esters is 2. The Hall–Kier alpha value is -2.83. The number of carbonyl (C=O) groups excluding carboxylic acids is 3. The van der Waals surface area contributed by atoms with Gasteiger partial charge < -0.3 is 19.7 Å². The standard InChI is InChI=1S/C20H26N2O5/c1-5-10-22(11-6-2)17(23)14-8-7-9-15(12-14)21-13-16-18(24)26-20(3,4)27-19(16)25/h7-9,12-13,21H,5-6,10-11H2,1-4H3. The molecule has 7 heteroatoms. The van der Waals surface area contributed by atoms with Crippen molar-refractivity contribution in [2.75, 3.05) is 18.4 Å². The summed E-state index contributed by atoms with van der Waals surface area (Å²) in [6.07, 6.45) is 3.01. The SMILES string of the molecule is CCCN(CCC)C(=O)c1cccc(NC=C2C(=O)OC(C)(C)OC2=O)c1. The highest BCUT2D eigenvalue weighted by Crippen LogP contribution is 2.23. The molecular formula is C20H26N2O5. The van der Waals surface area contributed by atoms with Crippen molar-refractivity contribution >= 4 is 23.5 Å². The van der Waals surface area contributed by atoms with E-state index in [1.165, 1.54) is 20.0 Å². The van der Waals surface area contributed by atoms with E-state index >= 15 is 0 Å². The van der Waals surface area contributed by atoms with Crippen LogP contribution in [-0.4, -0.2) is 41.6 Å². The van der Waals surface area contributed by atoms with Gasteiger partial charge in [0.2, 0.25) is 0 Å². The Bertz CT molecular complexity index is 726. The highest BCUT2D eigenvalue weighted by Gasteiger charge is 2.38. The van der Waals surface area contributed by atoms with Crippen molar-refractivity contribution in [3.05, 3.63) is 41.6 Å². The minimum absolute atomic E-state index is 0.0479. The molecule has 0 saturated carbocycles. The molecule has 0 bridgehead atoms. The molecule has 2 rings (SSSR count). The largest absolute Gasteiger partial charge is 0.419 e. The van der Waals surface area contributed by atoms with Crippen LogP contribution in [0.15, 0.2) is 36.0 Å². The summed E-state index contributed by atoms with van der Waals surface area (Å²) >= 11 is 0. The van der Waals surface area contributed by atoms with Gasteiger partial charge in [-0.25, -0.2) is 9.59 Å². The Morgan fingerprint density at radius 2 is 1.70 bits per heavy atom. The van der Waals surface area contributed by atoms with Crippen LogP contribution in [0.1, 0.15) is 50.9 Å². The van der Waals surface area contributed by atoms with Crippen molar-refractivity contribution < 1.29 is 23.9 Å². The van der Waals surface area contributed by atoms with E-state index in [2.05, 4.69) is 5.32 Å². The van der Waals surface area contributed by atoms with Crippen LogP contribution in [0.2, 0.25) is 0 Å². The van der Waals surface area contributed by atoms with Crippen molar-refractivity contribution in [2.45, 2.75) is 46.3 Å². The van der Waals surface area contributed by atoms with Crippen molar-refractivity contribution in [1.82, 2.24) is 4.90 Å². The smallest absolute Gasteiger partial charge is 0.350 e. The van der Waals surface area contributed by atoms with E-state index in [0.29, 0.717) is 24.3 Å². The molecule has 1 aromatic rings. The summed E-state index contributed by atoms with van der Waals surface area (Å²) in [4.78, 5) is 38.4. The van der Waals surface area contributed by atoms with Crippen molar-refractivity contribution in [3.8, 4) is 0 Å². The van der Waals surface area contributed by atoms with Gasteiger partial charge in [0.1, 0.15) is 0 Å². The van der Waals surface area contributed by atoms with E-state index in [1.807, 2.05) is 18.7 Å². The van der Waals surface area contributed by atoms with Crippen LogP contribution in [0, 0.1) is 0 Å². The normalized spacial score (nSPS) is 15.6. The fourth-order valence-corrected chi connectivity index (χ4v) is 2.71. The summed E-state index contributed by atoms with van der Waals surface area (Å²) < 4.78 is 10.1. The topological polar surface area (TPSA) is 84.9 Å². The van der Waals surface area contributed by atoms with Gasteiger partial charge in [0.05, 0.1) is 0 Å². The van der Waals surface area contributed by atoms with Gasteiger partial charge >= 0.3 is 11.9 Å². The number of ether oxygens (including phenoxy) is 2. The second-order valence-corrected chi connectivity index (χ2v) is 6.75. The molecule has 0 aliphatic carbocycles. The zero-order valence-electron chi connectivity index (χ0n) is 16.2. The lowest BCUT2D eigenvalue weighted by Crippen LogP contribution is -2.42. The molecule has 0 radical (unpaired) electrons. The molecular weight excluding hydrogens is 348 g/mol. The Morgan fingerprint density at radius 3 is 2.26 bits per heavy atom. The third kappa shape index (κ3) is 5.32. The molecule has 0 unspecified atom stereocenters. The number of nitrogens with one attached hydrogen (secondary N) is 1. The Kier molecular flexibility index (Phi) is 6.60. The Balaban J connectivity index is 2.15. The molecule has 1 aliphatic rings. The molecule has 0 aromatic heterocycles. The Labute approximate surface area is 159 Å². The van der Waals surface area contributed by atoms with Crippen molar-refractivity contribution in [3.63, 3.8) is 0 Å². The predicted molar refractivity (Wildman–Crippen MR) is 101 cm³/mol. The summed E-state index contributed by atoms with van der Waals surface area (Å²) in [7, 11) is 0. The number of benzene rings is 1. The van der Waals surface area contributed by atoms with Crippen LogP contribution in [0.4, 0.5) is 5.69 Å². The molecule has 0 spiro atoms. The van der Waals surface area contributed by atoms with Crippen LogP contribution in [0.5, 0.6) is 0 Å². The lowest BCUT2D eigenvalue weighted by atomic mass is 10.1. The monoisotopic (exact) mass is 374 g/mol. The number of rotatable bonds is 7. The van der Waals surface area contributed by atoms with Gasteiger partial charge in [-0.05, 0) is 31.0 Å². The van der Waals surface area contributed by atoms with Gasteiger partial charge in [0, 0.05) is 44.4 Å². The molecule has 1 amide bonds. The molecule has 27 heavy (non-hydrogen) atoms. The van der Waals surface area contributed by atoms with Crippen LogP contribution in [0.3, 0.4) is 0 Å². The van der Waals surface area contributed by atoms with E-state index in [1.54, 1.807) is 24.3 Å². The summed E-state index contributed by atoms with van der Waals surface area (Å²) in [5, 5.41) is 2.87. The second kappa shape index (κ2) is 8.70. The minimum Gasteiger partial charge on any atom is -0.419 e. The van der Waals surface area contributed by atoms with Gasteiger partial charge in [-0.2, -0.15) is 0 Å². The van der Waals surface area contributed by atoms with Crippen LogP contribution in [0.25, 0.3) is 0 Å². The first-order valence-electron chi connectivity index (χ1n) is 9.10. The summed E-state index contributed by atoms with van der Waals surface area (Å²) in [6, 6.07) is 6.90. The first kappa shape index (κ1) is 20.5. The number of amides is 1.